The Kier molecular flexibility index (Phi) is 1.76. The zero-order chi connectivity index (χ0) is 16.6. The molecule has 0 radical (unpaired) electrons. The first-order valence-electron chi connectivity index (χ1n) is 9.83. The quantitative estimate of drug-likeness (QED) is 0.496. The van der Waals surface area contributed by atoms with Crippen molar-refractivity contribution < 1.29 is 24.0 Å². The molecule has 25 heavy (non-hydrogen) atoms. The van der Waals surface area contributed by atoms with Gasteiger partial charge in [-0.05, 0) is 30.1 Å². The van der Waals surface area contributed by atoms with E-state index >= 15 is 0 Å². The first kappa shape index (κ1) is 13.4. The van der Waals surface area contributed by atoms with Gasteiger partial charge in [0.05, 0.1) is 24.0 Å². The van der Waals surface area contributed by atoms with Gasteiger partial charge in [0.1, 0.15) is 18.0 Å². The van der Waals surface area contributed by atoms with E-state index in [0.29, 0.717) is 42.7 Å². The number of fused-ring (bicyclic) bond motifs is 3. The molecule has 0 N–H and O–H groups in total. The van der Waals surface area contributed by atoms with Crippen molar-refractivity contribution in [2.24, 2.45) is 51.8 Å². The highest BCUT2D eigenvalue weighted by Gasteiger charge is 3.04. The van der Waals surface area contributed by atoms with Crippen LogP contribution in [0.5, 0.6) is 0 Å². The molecule has 9 aliphatic rings. The molecule has 0 aromatic heterocycles. The van der Waals surface area contributed by atoms with Crippen LogP contribution in [0, 0.1) is 51.8 Å². The van der Waals surface area contributed by atoms with Crippen LogP contribution in [-0.2, 0) is 24.0 Å². The van der Waals surface area contributed by atoms with E-state index in [4.69, 9.17) is 19.2 Å². The van der Waals surface area contributed by atoms with E-state index in [2.05, 4.69) is 26.0 Å². The minimum absolute atomic E-state index is 0.0208. The fourth-order valence-corrected chi connectivity index (χ4v) is 9.58. The van der Waals surface area contributed by atoms with E-state index in [-0.39, 0.29) is 34.9 Å². The summed E-state index contributed by atoms with van der Waals surface area (Å²) in [6.45, 7) is 5.77. The number of rotatable bonds is 0. The van der Waals surface area contributed by atoms with Crippen LogP contribution >= 0.6 is 0 Å². The van der Waals surface area contributed by atoms with Gasteiger partial charge < -0.3 is 9.47 Å². The molecule has 5 saturated carbocycles. The molecule has 4 bridgehead atoms. The smallest absolute Gasteiger partial charge is 0.181 e. The summed E-state index contributed by atoms with van der Waals surface area (Å²) < 4.78 is 13.4. The van der Waals surface area contributed by atoms with E-state index in [0.717, 1.165) is 0 Å². The molecule has 3 heterocycles. The van der Waals surface area contributed by atoms with Crippen molar-refractivity contribution in [3.05, 3.63) is 12.2 Å². The maximum atomic E-state index is 13.7. The van der Waals surface area contributed by atoms with E-state index in [1.807, 2.05) is 0 Å². The molecule has 6 aliphatic carbocycles. The van der Waals surface area contributed by atoms with Gasteiger partial charge in [-0.2, -0.15) is 0 Å². The van der Waals surface area contributed by atoms with Crippen LogP contribution in [0.15, 0.2) is 12.2 Å². The summed E-state index contributed by atoms with van der Waals surface area (Å²) in [6.07, 6.45) is 4.92. The lowest BCUT2D eigenvalue weighted by molar-refractivity contribution is -0.510. The third-order valence-electron chi connectivity index (χ3n) is 9.60. The van der Waals surface area contributed by atoms with E-state index in [1.54, 1.807) is 0 Å². The fraction of sp³-hybridized carbons (Fsp3) is 0.850. The monoisotopic (exact) mass is 342 g/mol. The molecular weight excluding hydrogens is 320 g/mol. The Morgan fingerprint density at radius 1 is 0.960 bits per heavy atom. The number of hydrogen-bond donors (Lipinski definition) is 0. The highest BCUT2D eigenvalue weighted by atomic mass is 17.2. The standard InChI is InChI=1S/C20H22O5/c1-17(2)6-22-20(23-7-17)13-9-5-8-12(13)16(21)18-10-3-4-11(25-24-10)19(18,20)15(9)14(8)18/h3-4,8-15H,5-7H2,1-2H3/t8-,9+,10+,11-,12?,13?,14?,15?,18?,19?/m1/s1. The van der Waals surface area contributed by atoms with Crippen molar-refractivity contribution in [2.45, 2.75) is 38.3 Å². The number of hydrogen-bond acceptors (Lipinski definition) is 5. The molecule has 0 aromatic rings. The first-order valence-corrected chi connectivity index (χ1v) is 9.83. The molecule has 3 aliphatic heterocycles. The van der Waals surface area contributed by atoms with Gasteiger partial charge in [-0.25, -0.2) is 9.78 Å². The average molecular weight is 342 g/mol. The molecular formula is C20H22O5. The second-order valence-electron chi connectivity index (χ2n) is 10.6. The lowest BCUT2D eigenvalue weighted by Crippen LogP contribution is -2.85. The van der Waals surface area contributed by atoms with Crippen LogP contribution in [0.1, 0.15) is 20.3 Å². The summed E-state index contributed by atoms with van der Waals surface area (Å²) in [5, 5.41) is 0. The van der Waals surface area contributed by atoms with E-state index < -0.39 is 11.2 Å². The summed E-state index contributed by atoms with van der Waals surface area (Å²) in [5.74, 6) is 2.23. The van der Waals surface area contributed by atoms with Crippen molar-refractivity contribution in [1.82, 2.24) is 0 Å². The lowest BCUT2D eigenvalue weighted by Gasteiger charge is -2.75. The second-order valence-corrected chi connectivity index (χ2v) is 10.6. The molecule has 5 heteroatoms. The zero-order valence-electron chi connectivity index (χ0n) is 14.4. The average Bonchev–Trinajstić information content (AvgIpc) is 3.13. The molecule has 7 fully saturated rings. The minimum Gasteiger partial charge on any atom is -0.348 e. The van der Waals surface area contributed by atoms with E-state index in [9.17, 15) is 4.79 Å². The van der Waals surface area contributed by atoms with Crippen LogP contribution in [-0.4, -0.2) is 37.0 Å². The number of carbonyl (C=O) groups excluding carboxylic acids is 1. The Balaban J connectivity index is 1.45. The second kappa shape index (κ2) is 3.28. The van der Waals surface area contributed by atoms with Crippen LogP contribution in [0.3, 0.4) is 0 Å². The zero-order valence-corrected chi connectivity index (χ0v) is 14.4. The molecule has 5 nitrogen and oxygen atoms in total. The summed E-state index contributed by atoms with van der Waals surface area (Å²) in [7, 11) is 0. The molecule has 10 atom stereocenters. The summed E-state index contributed by atoms with van der Waals surface area (Å²) in [5.41, 5.74) is -0.784. The molecule has 6 unspecified atom stereocenters. The summed E-state index contributed by atoms with van der Waals surface area (Å²) in [4.78, 5) is 25.3. The van der Waals surface area contributed by atoms with Crippen molar-refractivity contribution in [1.29, 1.82) is 0 Å². The molecule has 132 valence electrons. The van der Waals surface area contributed by atoms with E-state index in [1.165, 1.54) is 6.42 Å². The van der Waals surface area contributed by atoms with Gasteiger partial charge in [-0.1, -0.05) is 26.0 Å². The normalized spacial score (nSPS) is 67.4. The largest absolute Gasteiger partial charge is 0.348 e. The topological polar surface area (TPSA) is 54.0 Å². The Morgan fingerprint density at radius 3 is 2.40 bits per heavy atom. The predicted molar refractivity (Wildman–Crippen MR) is 82.7 cm³/mol. The first-order chi connectivity index (χ1) is 12.0. The molecule has 2 saturated heterocycles. The van der Waals surface area contributed by atoms with Crippen LogP contribution in [0.4, 0.5) is 0 Å². The van der Waals surface area contributed by atoms with Gasteiger partial charge in [0, 0.05) is 17.3 Å². The minimum atomic E-state index is -0.643. The lowest BCUT2D eigenvalue weighted by atomic mass is 9.33. The van der Waals surface area contributed by atoms with Crippen LogP contribution in [0.25, 0.3) is 0 Å². The molecule has 3 spiro atoms. The van der Waals surface area contributed by atoms with Gasteiger partial charge in [0.15, 0.2) is 5.79 Å². The van der Waals surface area contributed by atoms with Gasteiger partial charge in [0.25, 0.3) is 0 Å². The highest BCUT2D eigenvalue weighted by Crippen LogP contribution is 2.96. The van der Waals surface area contributed by atoms with Crippen molar-refractivity contribution in [3.8, 4) is 0 Å². The van der Waals surface area contributed by atoms with Gasteiger partial charge >= 0.3 is 0 Å². The van der Waals surface area contributed by atoms with Crippen LogP contribution < -0.4 is 0 Å². The van der Waals surface area contributed by atoms with Gasteiger partial charge in [-0.15, -0.1) is 0 Å². The highest BCUT2D eigenvalue weighted by molar-refractivity contribution is 5.98. The van der Waals surface area contributed by atoms with Crippen molar-refractivity contribution in [3.63, 3.8) is 0 Å². The third-order valence-corrected chi connectivity index (χ3v) is 9.60. The van der Waals surface area contributed by atoms with Crippen molar-refractivity contribution >= 4 is 5.78 Å². The molecule has 0 amide bonds. The molecule has 0 aromatic carbocycles. The summed E-state index contributed by atoms with van der Waals surface area (Å²) in [6, 6.07) is 0. The number of Topliss-reactive ketones (excluding diaryl/α,β-unsaturated/α-hetero) is 1. The maximum absolute atomic E-state index is 13.7. The maximum Gasteiger partial charge on any atom is 0.181 e. The Bertz CT molecular complexity index is 792. The Labute approximate surface area is 145 Å². The van der Waals surface area contributed by atoms with Crippen LogP contribution in [0.2, 0.25) is 0 Å². The summed E-state index contributed by atoms with van der Waals surface area (Å²) >= 11 is 0. The van der Waals surface area contributed by atoms with Crippen molar-refractivity contribution in [2.75, 3.05) is 13.2 Å². The number of ether oxygens (including phenoxy) is 2. The third kappa shape index (κ3) is 0.880. The predicted octanol–water partition coefficient (Wildman–Crippen LogP) is 1.72. The Morgan fingerprint density at radius 2 is 1.68 bits per heavy atom. The fourth-order valence-electron chi connectivity index (χ4n) is 9.58. The Hall–Kier alpha value is -0.750. The van der Waals surface area contributed by atoms with Gasteiger partial charge in [-0.3, -0.25) is 4.79 Å². The van der Waals surface area contributed by atoms with Gasteiger partial charge in [0.2, 0.25) is 0 Å². The number of ketones is 1. The molecule has 9 rings (SSSR count). The SMILES string of the molecule is CC1(C)COC2(OC1)C1C3C(=O)C45C6C([C@H]1C[C@H]36)C24[C@H]1C=C[C@@H]5OO1. The number of carbonyl (C=O) groups is 1.